The third-order valence-corrected chi connectivity index (χ3v) is 5.96. The van der Waals surface area contributed by atoms with Crippen LogP contribution >= 0.6 is 0 Å². The van der Waals surface area contributed by atoms with Gasteiger partial charge in [0.1, 0.15) is 11.6 Å². The predicted octanol–water partition coefficient (Wildman–Crippen LogP) is 3.45. The van der Waals surface area contributed by atoms with Crippen LogP contribution in [0.4, 0.5) is 17.6 Å². The summed E-state index contributed by atoms with van der Waals surface area (Å²) < 4.78 is 85.2. The van der Waals surface area contributed by atoms with E-state index in [2.05, 4.69) is 9.82 Å². The Kier molecular flexibility index (Phi) is 7.18. The highest BCUT2D eigenvalue weighted by molar-refractivity contribution is 7.89. The lowest BCUT2D eigenvalue weighted by Crippen LogP contribution is -2.32. The van der Waals surface area contributed by atoms with Gasteiger partial charge in [0.2, 0.25) is 10.0 Å². The van der Waals surface area contributed by atoms with Gasteiger partial charge in [0, 0.05) is 18.2 Å². The van der Waals surface area contributed by atoms with Gasteiger partial charge in [-0.25, -0.2) is 22.2 Å². The topological polar surface area (TPSA) is 90.3 Å². The number of hydrogen-bond acceptors (Lipinski definition) is 5. The van der Waals surface area contributed by atoms with Gasteiger partial charge in [0.05, 0.1) is 29.3 Å². The maximum absolute atomic E-state index is 13.4. The third-order valence-electron chi connectivity index (χ3n) is 4.50. The number of nitrogens with zero attached hydrogens (tertiary/aromatic N) is 2. The summed E-state index contributed by atoms with van der Waals surface area (Å²) in [6, 6.07) is 11.1. The second kappa shape index (κ2) is 9.71. The summed E-state index contributed by atoms with van der Waals surface area (Å²) in [5, 5.41) is 4.20. The van der Waals surface area contributed by atoms with E-state index in [-0.39, 0.29) is 19.2 Å². The second-order valence-corrected chi connectivity index (χ2v) is 8.54. The van der Waals surface area contributed by atoms with Gasteiger partial charge < -0.3 is 4.74 Å². The Bertz CT molecular complexity index is 1290. The number of hydrogen-bond donors (Lipinski definition) is 1. The normalized spacial score (nSPS) is 12.0. The molecule has 0 aliphatic rings. The minimum Gasteiger partial charge on any atom is -0.494 e. The highest BCUT2D eigenvalue weighted by Gasteiger charge is 2.35. The molecule has 0 fully saturated rings. The van der Waals surface area contributed by atoms with E-state index in [0.29, 0.717) is 29.7 Å². The first-order valence-electron chi connectivity index (χ1n) is 9.69. The molecule has 0 aliphatic carbocycles. The molecule has 0 radical (unpaired) electrons. The van der Waals surface area contributed by atoms with Gasteiger partial charge in [0.25, 0.3) is 5.56 Å². The lowest BCUT2D eigenvalue weighted by atomic mass is 10.1. The molecule has 1 heterocycles. The zero-order valence-corrected chi connectivity index (χ0v) is 18.1. The molecular formula is C21H19F4N3O4S. The first kappa shape index (κ1) is 24.4. The molecule has 3 rings (SSSR count). The number of nitrogens with one attached hydrogen (secondary N) is 1. The van der Waals surface area contributed by atoms with Crippen molar-refractivity contribution in [3.05, 3.63) is 76.3 Å². The van der Waals surface area contributed by atoms with Gasteiger partial charge in [-0.15, -0.1) is 0 Å². The zero-order valence-electron chi connectivity index (χ0n) is 17.3. The number of sulfonamides is 1. The van der Waals surface area contributed by atoms with Crippen LogP contribution in [0.5, 0.6) is 5.75 Å². The summed E-state index contributed by atoms with van der Waals surface area (Å²) >= 11 is 0. The molecule has 0 atom stereocenters. The monoisotopic (exact) mass is 485 g/mol. The fourth-order valence-electron chi connectivity index (χ4n) is 2.91. The van der Waals surface area contributed by atoms with E-state index < -0.39 is 38.0 Å². The molecule has 7 nitrogen and oxygen atoms in total. The van der Waals surface area contributed by atoms with Gasteiger partial charge in [-0.05, 0) is 55.5 Å². The van der Waals surface area contributed by atoms with Crippen molar-refractivity contribution < 1.29 is 30.7 Å². The van der Waals surface area contributed by atoms with Gasteiger partial charge in [0.15, 0.2) is 0 Å². The molecule has 1 N–H and O–H groups in total. The Morgan fingerprint density at radius 2 is 1.76 bits per heavy atom. The number of ether oxygens (including phenoxy) is 1. The van der Waals surface area contributed by atoms with Crippen LogP contribution in [0.3, 0.4) is 0 Å². The van der Waals surface area contributed by atoms with Crippen LogP contribution in [0.1, 0.15) is 12.5 Å². The Hall–Kier alpha value is -3.25. The van der Waals surface area contributed by atoms with Crippen LogP contribution in [-0.2, 0) is 22.7 Å². The molecular weight excluding hydrogens is 466 g/mol. The number of alkyl halides is 3. The second-order valence-electron chi connectivity index (χ2n) is 6.77. The smallest absolute Gasteiger partial charge is 0.419 e. The first-order chi connectivity index (χ1) is 15.5. The summed E-state index contributed by atoms with van der Waals surface area (Å²) in [5.41, 5.74) is -1.04. The highest BCUT2D eigenvalue weighted by Crippen LogP contribution is 2.32. The molecule has 176 valence electrons. The Morgan fingerprint density at radius 3 is 2.39 bits per heavy atom. The van der Waals surface area contributed by atoms with Crippen molar-refractivity contribution in [2.24, 2.45) is 0 Å². The predicted molar refractivity (Wildman–Crippen MR) is 112 cm³/mol. The van der Waals surface area contributed by atoms with Crippen LogP contribution in [0, 0.1) is 5.82 Å². The minimum absolute atomic E-state index is 0.184. The summed E-state index contributed by atoms with van der Waals surface area (Å²) in [5.74, 6) is -0.915. The Labute approximate surface area is 186 Å². The van der Waals surface area contributed by atoms with Crippen molar-refractivity contribution >= 4 is 10.0 Å². The van der Waals surface area contributed by atoms with Crippen molar-refractivity contribution in [3.63, 3.8) is 0 Å². The van der Waals surface area contributed by atoms with Crippen molar-refractivity contribution in [1.82, 2.24) is 14.5 Å². The highest BCUT2D eigenvalue weighted by atomic mass is 32.2. The molecule has 0 saturated carbocycles. The average Bonchev–Trinajstić information content (AvgIpc) is 2.75. The van der Waals surface area contributed by atoms with Crippen LogP contribution in [0.2, 0.25) is 0 Å². The SMILES string of the molecule is CCOc1ccc(-c2ccc(=O)n(CCNS(=O)(=O)c3ccc(F)c(C(F)(F)F)c3)n2)cc1. The van der Waals surface area contributed by atoms with E-state index in [1.165, 1.54) is 12.1 Å². The Balaban J connectivity index is 1.74. The maximum Gasteiger partial charge on any atom is 0.419 e. The van der Waals surface area contributed by atoms with Crippen LogP contribution in [0.15, 0.2) is 64.3 Å². The van der Waals surface area contributed by atoms with Crippen molar-refractivity contribution in [2.45, 2.75) is 24.5 Å². The molecule has 0 spiro atoms. The third kappa shape index (κ3) is 5.96. The van der Waals surface area contributed by atoms with E-state index in [4.69, 9.17) is 4.74 Å². The standard InChI is InChI=1S/C21H19F4N3O4S/c1-2-32-15-5-3-14(4-6-15)19-9-10-20(29)28(27-19)12-11-26-33(30,31)16-7-8-18(22)17(13-16)21(23,24)25/h3-10,13,26H,2,11-12H2,1H3. The molecule has 0 unspecified atom stereocenters. The number of aromatic nitrogens is 2. The van der Waals surface area contributed by atoms with Crippen LogP contribution in [-0.4, -0.2) is 31.3 Å². The number of benzene rings is 2. The largest absolute Gasteiger partial charge is 0.494 e. The van der Waals surface area contributed by atoms with Crippen molar-refractivity contribution in [2.75, 3.05) is 13.2 Å². The molecule has 3 aromatic rings. The molecule has 0 aliphatic heterocycles. The molecule has 0 amide bonds. The van der Waals surface area contributed by atoms with Gasteiger partial charge >= 0.3 is 6.18 Å². The van der Waals surface area contributed by atoms with E-state index in [9.17, 15) is 30.8 Å². The van der Waals surface area contributed by atoms with Crippen LogP contribution in [0.25, 0.3) is 11.3 Å². The summed E-state index contributed by atoms with van der Waals surface area (Å²) in [6.07, 6.45) is -5.05. The number of halogens is 4. The molecule has 0 saturated heterocycles. The van der Waals surface area contributed by atoms with E-state index >= 15 is 0 Å². The molecule has 12 heteroatoms. The van der Waals surface area contributed by atoms with Crippen molar-refractivity contribution in [3.8, 4) is 17.0 Å². The molecule has 0 bridgehead atoms. The Morgan fingerprint density at radius 1 is 1.06 bits per heavy atom. The fourth-order valence-corrected chi connectivity index (χ4v) is 3.96. The molecule has 33 heavy (non-hydrogen) atoms. The molecule has 1 aromatic heterocycles. The van der Waals surface area contributed by atoms with E-state index in [1.54, 1.807) is 24.3 Å². The first-order valence-corrected chi connectivity index (χ1v) is 11.2. The van der Waals surface area contributed by atoms with Gasteiger partial charge in [-0.2, -0.15) is 18.3 Å². The van der Waals surface area contributed by atoms with Crippen molar-refractivity contribution in [1.29, 1.82) is 0 Å². The summed E-state index contributed by atoms with van der Waals surface area (Å²) in [7, 11) is -4.39. The van der Waals surface area contributed by atoms with E-state index in [0.717, 1.165) is 10.7 Å². The lowest BCUT2D eigenvalue weighted by Gasteiger charge is -2.12. The molecule has 2 aromatic carbocycles. The average molecular weight is 485 g/mol. The maximum atomic E-state index is 13.4. The zero-order chi connectivity index (χ0) is 24.2. The summed E-state index contributed by atoms with van der Waals surface area (Å²) in [4.78, 5) is 11.3. The van der Waals surface area contributed by atoms with E-state index in [1.807, 2.05) is 6.92 Å². The minimum atomic E-state index is -5.05. The van der Waals surface area contributed by atoms with Crippen LogP contribution < -0.4 is 15.0 Å². The quantitative estimate of drug-likeness (QED) is 0.494. The van der Waals surface area contributed by atoms with Gasteiger partial charge in [-0.1, -0.05) is 0 Å². The number of rotatable bonds is 8. The lowest BCUT2D eigenvalue weighted by molar-refractivity contribution is -0.140. The van der Waals surface area contributed by atoms with Gasteiger partial charge in [-0.3, -0.25) is 4.79 Å². The fraction of sp³-hybridized carbons (Fsp3) is 0.238. The summed E-state index contributed by atoms with van der Waals surface area (Å²) in [6.45, 7) is 1.84.